The minimum atomic E-state index is -0.242. The number of hydrogen-bond donors (Lipinski definition) is 2. The van der Waals surface area contributed by atoms with E-state index in [9.17, 15) is 4.79 Å². The highest BCUT2D eigenvalue weighted by Crippen LogP contribution is 2.28. The normalized spacial score (nSPS) is 13.9. The average Bonchev–Trinajstić information content (AvgIpc) is 2.37. The monoisotopic (exact) mass is 342 g/mol. The van der Waals surface area contributed by atoms with Crippen LogP contribution in [0.25, 0.3) is 0 Å². The first-order valence-electron chi connectivity index (χ1n) is 6.75. The summed E-state index contributed by atoms with van der Waals surface area (Å²) in [5.74, 6) is 0.811. The van der Waals surface area contributed by atoms with Gasteiger partial charge in [-0.2, -0.15) is 0 Å². The second-order valence-electron chi connectivity index (χ2n) is 5.17. The highest BCUT2D eigenvalue weighted by atomic mass is 79.9. The fourth-order valence-electron chi connectivity index (χ4n) is 1.91. The van der Waals surface area contributed by atoms with E-state index in [1.165, 1.54) is 0 Å². The Bertz CT molecular complexity index is 463. The van der Waals surface area contributed by atoms with Crippen LogP contribution in [0.5, 0.6) is 5.75 Å². The summed E-state index contributed by atoms with van der Waals surface area (Å²) in [5.41, 5.74) is 1.10. The number of carbonyl (C=O) groups is 1. The molecule has 0 radical (unpaired) electrons. The lowest BCUT2D eigenvalue weighted by Crippen LogP contribution is -2.45. The van der Waals surface area contributed by atoms with Crippen molar-refractivity contribution in [3.05, 3.63) is 28.2 Å². The molecule has 20 heavy (non-hydrogen) atoms. The first-order valence-corrected chi connectivity index (χ1v) is 7.54. The van der Waals surface area contributed by atoms with Crippen LogP contribution in [0.3, 0.4) is 0 Å². The van der Waals surface area contributed by atoms with E-state index in [2.05, 4.69) is 26.6 Å². The van der Waals surface area contributed by atoms with Crippen LogP contribution >= 0.6 is 15.9 Å². The van der Waals surface area contributed by atoms with E-state index in [-0.39, 0.29) is 24.0 Å². The van der Waals surface area contributed by atoms with E-state index in [4.69, 9.17) is 4.74 Å². The Balaban J connectivity index is 2.68. The molecule has 0 aromatic heterocycles. The fourth-order valence-corrected chi connectivity index (χ4v) is 2.47. The zero-order valence-corrected chi connectivity index (χ0v) is 14.2. The minimum absolute atomic E-state index is 0.0134. The number of methoxy groups -OCH3 is 1. The second kappa shape index (κ2) is 7.64. The van der Waals surface area contributed by atoms with E-state index >= 15 is 0 Å². The van der Waals surface area contributed by atoms with Crippen LogP contribution in [0.4, 0.5) is 0 Å². The minimum Gasteiger partial charge on any atom is -0.496 e. The Kier molecular flexibility index (Phi) is 6.49. The molecule has 1 aromatic carbocycles. The molecule has 2 N–H and O–H groups in total. The lowest BCUT2D eigenvalue weighted by molar-refractivity contribution is -0.123. The zero-order chi connectivity index (χ0) is 15.3. The zero-order valence-electron chi connectivity index (χ0n) is 12.7. The van der Waals surface area contributed by atoms with Gasteiger partial charge in [0, 0.05) is 12.1 Å². The maximum atomic E-state index is 11.9. The van der Waals surface area contributed by atoms with Crippen LogP contribution in [0, 0.1) is 0 Å². The lowest BCUT2D eigenvalue weighted by Gasteiger charge is -2.21. The van der Waals surface area contributed by atoms with Crippen molar-refractivity contribution in [2.24, 2.45) is 0 Å². The summed E-state index contributed by atoms with van der Waals surface area (Å²) in [6, 6.07) is 5.89. The van der Waals surface area contributed by atoms with Crippen LogP contribution in [-0.4, -0.2) is 25.1 Å². The van der Waals surface area contributed by atoms with Crippen LogP contribution < -0.4 is 15.4 Å². The summed E-state index contributed by atoms with van der Waals surface area (Å²) in [4.78, 5) is 11.9. The van der Waals surface area contributed by atoms with E-state index < -0.39 is 0 Å². The fraction of sp³-hybridized carbons (Fsp3) is 0.533. The van der Waals surface area contributed by atoms with Gasteiger partial charge in [0.15, 0.2) is 0 Å². The van der Waals surface area contributed by atoms with Gasteiger partial charge in [-0.15, -0.1) is 0 Å². The summed E-state index contributed by atoms with van der Waals surface area (Å²) in [6.07, 6.45) is 0. The van der Waals surface area contributed by atoms with Gasteiger partial charge < -0.3 is 10.1 Å². The Morgan fingerprint density at radius 2 is 1.90 bits per heavy atom. The van der Waals surface area contributed by atoms with E-state index in [0.29, 0.717) is 0 Å². The Labute approximate surface area is 129 Å². The molecule has 2 unspecified atom stereocenters. The predicted molar refractivity (Wildman–Crippen MR) is 85.0 cm³/mol. The van der Waals surface area contributed by atoms with Gasteiger partial charge in [-0.05, 0) is 61.3 Å². The van der Waals surface area contributed by atoms with Gasteiger partial charge in [-0.25, -0.2) is 0 Å². The highest BCUT2D eigenvalue weighted by molar-refractivity contribution is 9.10. The summed E-state index contributed by atoms with van der Waals surface area (Å²) < 4.78 is 6.12. The van der Waals surface area contributed by atoms with Gasteiger partial charge in [0.05, 0.1) is 17.6 Å². The molecular weight excluding hydrogens is 320 g/mol. The van der Waals surface area contributed by atoms with E-state index in [1.807, 2.05) is 45.9 Å². The van der Waals surface area contributed by atoms with Crippen LogP contribution in [-0.2, 0) is 4.79 Å². The van der Waals surface area contributed by atoms with Crippen molar-refractivity contribution in [3.8, 4) is 5.75 Å². The SMILES string of the molecule is COc1ccc(C(C)NC(C)C(=O)NC(C)C)cc1Br. The molecule has 0 saturated carbocycles. The molecule has 2 atom stereocenters. The lowest BCUT2D eigenvalue weighted by atomic mass is 10.1. The number of benzene rings is 1. The van der Waals surface area contributed by atoms with Crippen LogP contribution in [0.2, 0.25) is 0 Å². The topological polar surface area (TPSA) is 50.4 Å². The third-order valence-electron chi connectivity index (χ3n) is 3.00. The number of halogens is 1. The van der Waals surface area contributed by atoms with Crippen molar-refractivity contribution in [1.82, 2.24) is 10.6 Å². The molecule has 1 rings (SSSR count). The maximum absolute atomic E-state index is 11.9. The van der Waals surface area contributed by atoms with Gasteiger partial charge in [0.25, 0.3) is 0 Å². The maximum Gasteiger partial charge on any atom is 0.237 e. The summed E-state index contributed by atoms with van der Waals surface area (Å²) in [5, 5.41) is 6.19. The van der Waals surface area contributed by atoms with Crippen molar-refractivity contribution in [3.63, 3.8) is 0 Å². The molecule has 5 heteroatoms. The Morgan fingerprint density at radius 3 is 2.40 bits per heavy atom. The van der Waals surface area contributed by atoms with Gasteiger partial charge in [-0.1, -0.05) is 6.07 Å². The van der Waals surface area contributed by atoms with Crippen molar-refractivity contribution in [1.29, 1.82) is 0 Å². The molecule has 0 aliphatic rings. The molecule has 112 valence electrons. The van der Waals surface area contributed by atoms with Crippen molar-refractivity contribution >= 4 is 21.8 Å². The van der Waals surface area contributed by atoms with E-state index in [0.717, 1.165) is 15.8 Å². The first-order chi connectivity index (χ1) is 9.35. The molecule has 0 aliphatic heterocycles. The molecule has 0 spiro atoms. The number of hydrogen-bond acceptors (Lipinski definition) is 3. The number of ether oxygens (including phenoxy) is 1. The molecule has 4 nitrogen and oxygen atoms in total. The van der Waals surface area contributed by atoms with E-state index in [1.54, 1.807) is 7.11 Å². The molecule has 0 fully saturated rings. The molecule has 0 heterocycles. The van der Waals surface area contributed by atoms with Crippen molar-refractivity contribution in [2.45, 2.75) is 45.8 Å². The molecule has 0 aliphatic carbocycles. The molecule has 1 amide bonds. The Morgan fingerprint density at radius 1 is 1.25 bits per heavy atom. The second-order valence-corrected chi connectivity index (χ2v) is 6.02. The van der Waals surface area contributed by atoms with Gasteiger partial charge >= 0.3 is 0 Å². The molecule has 0 bridgehead atoms. The van der Waals surface area contributed by atoms with Gasteiger partial charge in [-0.3, -0.25) is 10.1 Å². The molecule has 1 aromatic rings. The number of rotatable bonds is 6. The third-order valence-corrected chi connectivity index (χ3v) is 3.62. The summed E-state index contributed by atoms with van der Waals surface area (Å²) >= 11 is 3.47. The van der Waals surface area contributed by atoms with Crippen LogP contribution in [0.15, 0.2) is 22.7 Å². The largest absolute Gasteiger partial charge is 0.496 e. The van der Waals surface area contributed by atoms with Gasteiger partial charge in [0.1, 0.15) is 5.75 Å². The number of carbonyl (C=O) groups excluding carboxylic acids is 1. The summed E-state index contributed by atoms with van der Waals surface area (Å²) in [7, 11) is 1.64. The first kappa shape index (κ1) is 17.0. The number of amides is 1. The quantitative estimate of drug-likeness (QED) is 0.835. The average molecular weight is 343 g/mol. The summed E-state index contributed by atoms with van der Waals surface area (Å²) in [6.45, 7) is 7.81. The molecule has 0 saturated heterocycles. The van der Waals surface area contributed by atoms with Crippen molar-refractivity contribution < 1.29 is 9.53 Å². The third kappa shape index (κ3) is 4.80. The molecular formula is C15H23BrN2O2. The van der Waals surface area contributed by atoms with Crippen molar-refractivity contribution in [2.75, 3.05) is 7.11 Å². The smallest absolute Gasteiger partial charge is 0.237 e. The van der Waals surface area contributed by atoms with Gasteiger partial charge in [0.2, 0.25) is 5.91 Å². The highest BCUT2D eigenvalue weighted by Gasteiger charge is 2.17. The predicted octanol–water partition coefficient (Wildman–Crippen LogP) is 3.02. The van der Waals surface area contributed by atoms with Crippen LogP contribution in [0.1, 0.15) is 39.3 Å². The Hall–Kier alpha value is -1.07. The number of nitrogens with one attached hydrogen (secondary N) is 2. The standard InChI is InChI=1S/C15H23BrN2O2/c1-9(2)17-15(19)11(4)18-10(3)12-6-7-14(20-5)13(16)8-12/h6-11,18H,1-5H3,(H,17,19).